The van der Waals surface area contributed by atoms with Gasteiger partial charge >= 0.3 is 0 Å². The summed E-state index contributed by atoms with van der Waals surface area (Å²) in [6.45, 7) is 7.38. The van der Waals surface area contributed by atoms with Gasteiger partial charge in [0.15, 0.2) is 0 Å². The second-order valence-electron chi connectivity index (χ2n) is 6.39. The molecule has 3 rings (SSSR count). The molecule has 1 aliphatic rings. The molecule has 1 atom stereocenters. The predicted octanol–water partition coefficient (Wildman–Crippen LogP) is 1.32. The molecule has 1 aromatic carbocycles. The third-order valence-electron chi connectivity index (χ3n) is 4.26. The molecular weight excluding hydrogens is 304 g/mol. The molecule has 1 fully saturated rings. The highest BCUT2D eigenvalue weighted by atomic mass is 16.3. The number of hydrogen-bond acceptors (Lipinski definition) is 4. The van der Waals surface area contributed by atoms with Gasteiger partial charge in [-0.15, -0.1) is 0 Å². The van der Waals surface area contributed by atoms with Crippen LogP contribution in [0.25, 0.3) is 5.69 Å². The van der Waals surface area contributed by atoms with Gasteiger partial charge in [-0.05, 0) is 38.1 Å². The van der Waals surface area contributed by atoms with E-state index in [1.165, 1.54) is 0 Å². The molecule has 6 heteroatoms. The molecule has 1 aromatic heterocycles. The lowest BCUT2D eigenvalue weighted by Gasteiger charge is -2.35. The van der Waals surface area contributed by atoms with Crippen LogP contribution in [0.4, 0.5) is 0 Å². The monoisotopic (exact) mass is 328 g/mol. The van der Waals surface area contributed by atoms with Crippen LogP contribution in [0.5, 0.6) is 0 Å². The minimum atomic E-state index is -0.332. The predicted molar refractivity (Wildman–Crippen MR) is 92.3 cm³/mol. The van der Waals surface area contributed by atoms with E-state index < -0.39 is 0 Å². The highest BCUT2D eigenvalue weighted by Gasteiger charge is 2.22. The molecule has 0 bridgehead atoms. The lowest BCUT2D eigenvalue weighted by atomic mass is 10.1. The number of piperazine rings is 1. The third kappa shape index (κ3) is 3.83. The van der Waals surface area contributed by atoms with Gasteiger partial charge in [-0.1, -0.05) is 6.07 Å². The van der Waals surface area contributed by atoms with Gasteiger partial charge in [-0.25, -0.2) is 4.68 Å². The summed E-state index contributed by atoms with van der Waals surface area (Å²) >= 11 is 0. The number of carbonyl (C=O) groups is 1. The number of carbonyl (C=O) groups excluding carboxylic acids is 1. The maximum Gasteiger partial charge on any atom is 0.254 e. The fourth-order valence-corrected chi connectivity index (χ4v) is 3.03. The van der Waals surface area contributed by atoms with E-state index in [1.54, 1.807) is 11.6 Å². The summed E-state index contributed by atoms with van der Waals surface area (Å²) in [6, 6.07) is 9.52. The number of nitrogens with zero attached hydrogens (tertiary/aromatic N) is 4. The molecule has 128 valence electrons. The molecule has 0 aliphatic carbocycles. The molecular formula is C18H24N4O2. The molecule has 0 saturated carbocycles. The Hall–Kier alpha value is -2.18. The zero-order chi connectivity index (χ0) is 17.1. The number of hydrogen-bond donors (Lipinski definition) is 1. The standard InChI is InChI=1S/C18H24N4O2/c1-14-6-7-22(19-14)17-5-3-4-16(12-17)18(24)21-10-8-20(9-11-21)13-15(2)23/h3-7,12,15,23H,8-11,13H2,1-2H3/t15-/m1/s1. The van der Waals surface area contributed by atoms with E-state index in [0.717, 1.165) is 24.5 Å². The number of amides is 1. The highest BCUT2D eigenvalue weighted by Crippen LogP contribution is 2.14. The first-order valence-electron chi connectivity index (χ1n) is 8.35. The highest BCUT2D eigenvalue weighted by molar-refractivity contribution is 5.94. The van der Waals surface area contributed by atoms with Crippen molar-refractivity contribution in [2.24, 2.45) is 0 Å². The Labute approximate surface area is 142 Å². The molecule has 0 unspecified atom stereocenters. The number of aryl methyl sites for hydroxylation is 1. The van der Waals surface area contributed by atoms with Gasteiger partial charge in [0.2, 0.25) is 0 Å². The van der Waals surface area contributed by atoms with E-state index in [9.17, 15) is 9.90 Å². The Morgan fingerprint density at radius 3 is 2.62 bits per heavy atom. The van der Waals surface area contributed by atoms with Gasteiger partial charge in [0.1, 0.15) is 0 Å². The van der Waals surface area contributed by atoms with Crippen molar-refractivity contribution in [3.05, 3.63) is 47.8 Å². The Bertz CT molecular complexity index is 703. The maximum atomic E-state index is 12.7. The van der Waals surface area contributed by atoms with Crippen molar-refractivity contribution in [2.75, 3.05) is 32.7 Å². The van der Waals surface area contributed by atoms with Crippen molar-refractivity contribution in [1.29, 1.82) is 0 Å². The van der Waals surface area contributed by atoms with Gasteiger partial charge in [0, 0.05) is 44.5 Å². The summed E-state index contributed by atoms with van der Waals surface area (Å²) in [6.07, 6.45) is 1.56. The zero-order valence-corrected chi connectivity index (χ0v) is 14.2. The van der Waals surface area contributed by atoms with E-state index in [-0.39, 0.29) is 12.0 Å². The molecule has 2 heterocycles. The zero-order valence-electron chi connectivity index (χ0n) is 14.2. The second kappa shape index (κ2) is 7.15. The second-order valence-corrected chi connectivity index (χ2v) is 6.39. The SMILES string of the molecule is Cc1ccn(-c2cccc(C(=O)N3CCN(C[C@@H](C)O)CC3)c2)n1. The quantitative estimate of drug-likeness (QED) is 0.919. The van der Waals surface area contributed by atoms with E-state index in [1.807, 2.05) is 48.4 Å². The van der Waals surface area contributed by atoms with Crippen molar-refractivity contribution in [3.63, 3.8) is 0 Å². The number of benzene rings is 1. The third-order valence-corrected chi connectivity index (χ3v) is 4.26. The summed E-state index contributed by atoms with van der Waals surface area (Å²) in [5.74, 6) is 0.0532. The number of aromatic nitrogens is 2. The molecule has 1 N–H and O–H groups in total. The molecule has 0 radical (unpaired) electrons. The van der Waals surface area contributed by atoms with Gasteiger partial charge in [0.25, 0.3) is 5.91 Å². The smallest absolute Gasteiger partial charge is 0.254 e. The molecule has 24 heavy (non-hydrogen) atoms. The number of rotatable bonds is 4. The van der Waals surface area contributed by atoms with E-state index in [2.05, 4.69) is 10.00 Å². The van der Waals surface area contributed by atoms with Crippen LogP contribution in [-0.2, 0) is 0 Å². The average Bonchev–Trinajstić information content (AvgIpc) is 3.01. The summed E-state index contributed by atoms with van der Waals surface area (Å²) in [5.41, 5.74) is 2.52. The van der Waals surface area contributed by atoms with Gasteiger partial charge < -0.3 is 10.0 Å². The van der Waals surface area contributed by atoms with Crippen LogP contribution in [0.2, 0.25) is 0 Å². The Balaban J connectivity index is 1.68. The number of aliphatic hydroxyl groups excluding tert-OH is 1. The minimum absolute atomic E-state index is 0.0532. The molecule has 1 amide bonds. The Morgan fingerprint density at radius 2 is 2.00 bits per heavy atom. The Kier molecular flexibility index (Phi) is 4.97. The topological polar surface area (TPSA) is 61.6 Å². The largest absolute Gasteiger partial charge is 0.392 e. The van der Waals surface area contributed by atoms with Crippen molar-refractivity contribution in [2.45, 2.75) is 20.0 Å². The van der Waals surface area contributed by atoms with E-state index in [4.69, 9.17) is 0 Å². The van der Waals surface area contributed by atoms with Gasteiger partial charge in [0.05, 0.1) is 17.5 Å². The van der Waals surface area contributed by atoms with Crippen molar-refractivity contribution in [1.82, 2.24) is 19.6 Å². The van der Waals surface area contributed by atoms with Crippen molar-refractivity contribution in [3.8, 4) is 5.69 Å². The summed E-state index contributed by atoms with van der Waals surface area (Å²) in [4.78, 5) is 16.8. The fraction of sp³-hybridized carbons (Fsp3) is 0.444. The van der Waals surface area contributed by atoms with Crippen molar-refractivity contribution >= 4 is 5.91 Å². The first kappa shape index (κ1) is 16.7. The summed E-state index contributed by atoms with van der Waals surface area (Å²) in [7, 11) is 0. The van der Waals surface area contributed by atoms with Crippen LogP contribution in [0, 0.1) is 6.92 Å². The van der Waals surface area contributed by atoms with Crippen LogP contribution in [0.1, 0.15) is 23.0 Å². The number of β-amino-alcohol motifs (C(OH)–C–C–N with tert-alkyl or cyclic N) is 1. The first-order valence-corrected chi connectivity index (χ1v) is 8.35. The lowest BCUT2D eigenvalue weighted by Crippen LogP contribution is -2.50. The van der Waals surface area contributed by atoms with Crippen molar-refractivity contribution < 1.29 is 9.90 Å². The van der Waals surface area contributed by atoms with Crippen LogP contribution >= 0.6 is 0 Å². The Morgan fingerprint density at radius 1 is 1.25 bits per heavy atom. The van der Waals surface area contributed by atoms with E-state index >= 15 is 0 Å². The summed E-state index contributed by atoms with van der Waals surface area (Å²) < 4.78 is 1.78. The summed E-state index contributed by atoms with van der Waals surface area (Å²) in [5, 5.41) is 13.9. The van der Waals surface area contributed by atoms with Crippen LogP contribution in [0.15, 0.2) is 36.5 Å². The van der Waals surface area contributed by atoms with Crippen LogP contribution < -0.4 is 0 Å². The molecule has 6 nitrogen and oxygen atoms in total. The van der Waals surface area contributed by atoms with Gasteiger partial charge in [-0.2, -0.15) is 5.10 Å². The maximum absolute atomic E-state index is 12.7. The molecule has 0 spiro atoms. The fourth-order valence-electron chi connectivity index (χ4n) is 3.03. The van der Waals surface area contributed by atoms with Crippen LogP contribution in [0.3, 0.4) is 0 Å². The normalized spacial score (nSPS) is 17.0. The minimum Gasteiger partial charge on any atom is -0.392 e. The average molecular weight is 328 g/mol. The first-order chi connectivity index (χ1) is 11.5. The van der Waals surface area contributed by atoms with E-state index in [0.29, 0.717) is 25.2 Å². The molecule has 1 aliphatic heterocycles. The van der Waals surface area contributed by atoms with Gasteiger partial charge in [-0.3, -0.25) is 9.69 Å². The lowest BCUT2D eigenvalue weighted by molar-refractivity contribution is 0.0554. The number of aliphatic hydroxyl groups is 1. The van der Waals surface area contributed by atoms with Crippen LogP contribution in [-0.4, -0.2) is 69.4 Å². The molecule has 2 aromatic rings. The molecule has 1 saturated heterocycles.